The molecule has 6 heteroatoms. The van der Waals surface area contributed by atoms with Crippen molar-refractivity contribution in [2.75, 3.05) is 12.4 Å². The molecule has 0 amide bonds. The molecule has 5 nitrogen and oxygen atoms in total. The van der Waals surface area contributed by atoms with E-state index < -0.39 is 0 Å². The highest BCUT2D eigenvalue weighted by Gasteiger charge is 2.07. The first-order valence-corrected chi connectivity index (χ1v) is 6.26. The van der Waals surface area contributed by atoms with Gasteiger partial charge < -0.3 is 5.32 Å². The third-order valence-electron chi connectivity index (χ3n) is 2.59. The predicted octanol–water partition coefficient (Wildman–Crippen LogP) is 1.80. The van der Waals surface area contributed by atoms with Gasteiger partial charge in [-0.25, -0.2) is 9.97 Å². The molecule has 0 saturated heterocycles. The Morgan fingerprint density at radius 2 is 2.22 bits per heavy atom. The highest BCUT2D eigenvalue weighted by molar-refractivity contribution is 9.10. The molecule has 0 saturated carbocycles. The van der Waals surface area contributed by atoms with Crippen LogP contribution in [0, 0.1) is 6.92 Å². The molecule has 94 valence electrons. The minimum Gasteiger partial charge on any atom is -0.373 e. The van der Waals surface area contributed by atoms with Crippen molar-refractivity contribution >= 4 is 21.7 Å². The molecule has 0 radical (unpaired) electrons. The monoisotopic (exact) mass is 308 g/mol. The average Bonchev–Trinajstić information content (AvgIpc) is 2.39. The Morgan fingerprint density at radius 1 is 1.44 bits per heavy atom. The number of aryl methyl sites for hydroxylation is 1. The predicted molar refractivity (Wildman–Crippen MR) is 73.8 cm³/mol. The Balaban J connectivity index is 2.40. The summed E-state index contributed by atoms with van der Waals surface area (Å²) in [6, 6.07) is 5.66. The SMILES string of the molecule is CNc1cccc(Cn2c(C)ncc(Br)c2=O)n1. The molecule has 0 fully saturated rings. The van der Waals surface area contributed by atoms with Crippen LogP contribution in [0.15, 0.2) is 33.7 Å². The van der Waals surface area contributed by atoms with Crippen molar-refractivity contribution in [2.24, 2.45) is 0 Å². The molecule has 0 aliphatic carbocycles. The van der Waals surface area contributed by atoms with Crippen molar-refractivity contribution in [1.82, 2.24) is 14.5 Å². The number of anilines is 1. The molecule has 0 aromatic carbocycles. The third-order valence-corrected chi connectivity index (χ3v) is 3.13. The molecule has 2 aromatic heterocycles. The maximum atomic E-state index is 12.0. The first-order chi connectivity index (χ1) is 8.61. The Labute approximate surface area is 113 Å². The van der Waals surface area contributed by atoms with Crippen molar-refractivity contribution in [2.45, 2.75) is 13.5 Å². The number of halogens is 1. The fraction of sp³-hybridized carbons (Fsp3) is 0.250. The van der Waals surface area contributed by atoms with E-state index in [2.05, 4.69) is 31.2 Å². The van der Waals surface area contributed by atoms with Crippen molar-refractivity contribution in [3.63, 3.8) is 0 Å². The fourth-order valence-corrected chi connectivity index (χ4v) is 1.92. The molecule has 2 rings (SSSR count). The van der Waals surface area contributed by atoms with Gasteiger partial charge in [-0.1, -0.05) is 6.07 Å². The van der Waals surface area contributed by atoms with E-state index in [4.69, 9.17) is 0 Å². The van der Waals surface area contributed by atoms with Crippen molar-refractivity contribution < 1.29 is 0 Å². The molecule has 0 spiro atoms. The van der Waals surface area contributed by atoms with Gasteiger partial charge in [0.1, 0.15) is 16.1 Å². The summed E-state index contributed by atoms with van der Waals surface area (Å²) >= 11 is 3.19. The molecule has 2 aromatic rings. The summed E-state index contributed by atoms with van der Waals surface area (Å²) < 4.78 is 2.05. The second-order valence-corrected chi connectivity index (χ2v) is 4.66. The standard InChI is InChI=1S/C12H13BrN4O/c1-8-15-6-10(13)12(18)17(8)7-9-4-3-5-11(14-2)16-9/h3-6H,7H2,1-2H3,(H,14,16). The smallest absolute Gasteiger partial charge is 0.268 e. The van der Waals surface area contributed by atoms with Crippen LogP contribution >= 0.6 is 15.9 Å². The van der Waals surface area contributed by atoms with Crippen LogP contribution in [0.3, 0.4) is 0 Å². The second-order valence-electron chi connectivity index (χ2n) is 3.81. The molecule has 0 aliphatic heterocycles. The van der Waals surface area contributed by atoms with Crippen LogP contribution in [-0.2, 0) is 6.54 Å². The molecule has 2 heterocycles. The van der Waals surface area contributed by atoms with E-state index in [0.717, 1.165) is 11.5 Å². The number of rotatable bonds is 3. The summed E-state index contributed by atoms with van der Waals surface area (Å²) in [6.45, 7) is 2.21. The molecule has 0 atom stereocenters. The molecule has 0 bridgehead atoms. The zero-order valence-electron chi connectivity index (χ0n) is 10.1. The van der Waals surface area contributed by atoms with Crippen molar-refractivity contribution in [3.05, 3.63) is 50.7 Å². The molecule has 18 heavy (non-hydrogen) atoms. The summed E-state index contributed by atoms with van der Waals surface area (Å²) in [5, 5.41) is 2.97. The van der Waals surface area contributed by atoms with Crippen LogP contribution in [-0.4, -0.2) is 21.6 Å². The quantitative estimate of drug-likeness (QED) is 0.939. The largest absolute Gasteiger partial charge is 0.373 e. The highest BCUT2D eigenvalue weighted by Crippen LogP contribution is 2.07. The lowest BCUT2D eigenvalue weighted by Gasteiger charge is -2.09. The number of nitrogens with one attached hydrogen (secondary N) is 1. The van der Waals surface area contributed by atoms with Crippen LogP contribution in [0.1, 0.15) is 11.5 Å². The van der Waals surface area contributed by atoms with Gasteiger partial charge in [0.15, 0.2) is 0 Å². The Bertz CT molecular complexity index is 624. The number of hydrogen-bond acceptors (Lipinski definition) is 4. The zero-order chi connectivity index (χ0) is 13.1. The summed E-state index contributed by atoms with van der Waals surface area (Å²) in [4.78, 5) is 20.5. The van der Waals surface area contributed by atoms with Crippen molar-refractivity contribution in [3.8, 4) is 0 Å². The number of aromatic nitrogens is 3. The lowest BCUT2D eigenvalue weighted by Crippen LogP contribution is -2.25. The molecule has 1 N–H and O–H groups in total. The van der Waals surface area contributed by atoms with Gasteiger partial charge in [0, 0.05) is 13.2 Å². The highest BCUT2D eigenvalue weighted by atomic mass is 79.9. The van der Waals surface area contributed by atoms with E-state index in [1.165, 1.54) is 6.20 Å². The van der Waals surface area contributed by atoms with Gasteiger partial charge in [-0.2, -0.15) is 0 Å². The van der Waals surface area contributed by atoms with Gasteiger partial charge in [-0.3, -0.25) is 9.36 Å². The van der Waals surface area contributed by atoms with Gasteiger partial charge in [0.2, 0.25) is 0 Å². The first kappa shape index (κ1) is 12.8. The van der Waals surface area contributed by atoms with Crippen LogP contribution in [0.2, 0.25) is 0 Å². The van der Waals surface area contributed by atoms with Gasteiger partial charge in [-0.15, -0.1) is 0 Å². The van der Waals surface area contributed by atoms with E-state index in [1.807, 2.05) is 25.2 Å². The maximum absolute atomic E-state index is 12.0. The average molecular weight is 309 g/mol. The second kappa shape index (κ2) is 5.30. The molecule has 0 unspecified atom stereocenters. The molecule has 0 aliphatic rings. The normalized spacial score (nSPS) is 10.4. The van der Waals surface area contributed by atoms with Gasteiger partial charge in [0.25, 0.3) is 5.56 Å². The fourth-order valence-electron chi connectivity index (χ4n) is 1.61. The van der Waals surface area contributed by atoms with Crippen LogP contribution in [0.5, 0.6) is 0 Å². The molecular weight excluding hydrogens is 296 g/mol. The number of hydrogen-bond donors (Lipinski definition) is 1. The van der Waals surface area contributed by atoms with Gasteiger partial charge in [0.05, 0.1) is 12.2 Å². The summed E-state index contributed by atoms with van der Waals surface area (Å²) in [7, 11) is 1.81. The summed E-state index contributed by atoms with van der Waals surface area (Å²) in [5.41, 5.74) is 0.714. The number of nitrogens with zero attached hydrogens (tertiary/aromatic N) is 3. The third kappa shape index (κ3) is 2.59. The van der Waals surface area contributed by atoms with Gasteiger partial charge >= 0.3 is 0 Å². The lowest BCUT2D eigenvalue weighted by atomic mass is 10.3. The minimum absolute atomic E-state index is 0.0980. The van der Waals surface area contributed by atoms with E-state index in [-0.39, 0.29) is 5.56 Å². The van der Waals surface area contributed by atoms with E-state index >= 15 is 0 Å². The Hall–Kier alpha value is -1.69. The van der Waals surface area contributed by atoms with E-state index in [9.17, 15) is 4.79 Å². The van der Waals surface area contributed by atoms with Crippen LogP contribution < -0.4 is 10.9 Å². The topological polar surface area (TPSA) is 59.8 Å². The van der Waals surface area contributed by atoms with Crippen LogP contribution in [0.4, 0.5) is 5.82 Å². The lowest BCUT2D eigenvalue weighted by molar-refractivity contribution is 0.682. The van der Waals surface area contributed by atoms with E-state index in [0.29, 0.717) is 16.8 Å². The summed E-state index contributed by atoms with van der Waals surface area (Å²) in [6.07, 6.45) is 1.52. The first-order valence-electron chi connectivity index (χ1n) is 5.47. The number of pyridine rings is 1. The maximum Gasteiger partial charge on any atom is 0.268 e. The van der Waals surface area contributed by atoms with E-state index in [1.54, 1.807) is 11.5 Å². The Morgan fingerprint density at radius 3 is 2.94 bits per heavy atom. The van der Waals surface area contributed by atoms with Gasteiger partial charge in [-0.05, 0) is 35.0 Å². The zero-order valence-corrected chi connectivity index (χ0v) is 11.7. The minimum atomic E-state index is -0.0980. The van der Waals surface area contributed by atoms with Crippen molar-refractivity contribution in [1.29, 1.82) is 0 Å². The molecular formula is C12H13BrN4O. The summed E-state index contributed by atoms with van der Waals surface area (Å²) in [5.74, 6) is 1.45. The Kier molecular flexibility index (Phi) is 3.76. The van der Waals surface area contributed by atoms with Crippen LogP contribution in [0.25, 0.3) is 0 Å².